The maximum atomic E-state index is 6.03. The highest BCUT2D eigenvalue weighted by molar-refractivity contribution is 5.61. The van der Waals surface area contributed by atoms with Gasteiger partial charge in [-0.1, -0.05) is 24.3 Å². The van der Waals surface area contributed by atoms with E-state index in [4.69, 9.17) is 4.74 Å². The second-order valence-corrected chi connectivity index (χ2v) is 3.96. The van der Waals surface area contributed by atoms with Crippen LogP contribution in [0.3, 0.4) is 0 Å². The largest absolute Gasteiger partial charge is 0.481 e. The minimum Gasteiger partial charge on any atom is -0.481 e. The molecule has 14 heavy (non-hydrogen) atoms. The average molecular weight is 187 g/mol. The Kier molecular flexibility index (Phi) is 1.64. The molecule has 0 bridgehead atoms. The van der Waals surface area contributed by atoms with Crippen LogP contribution >= 0.6 is 0 Å². The quantitative estimate of drug-likeness (QED) is 0.669. The standard InChI is InChI=1S/C12H13NO/c1-2-4-11-10(3-1)5-6-12(14-11)7-8-13-9-12/h1-6,13H,7-9H2. The first-order chi connectivity index (χ1) is 6.88. The number of benzene rings is 1. The van der Waals surface area contributed by atoms with Crippen molar-refractivity contribution in [2.24, 2.45) is 0 Å². The third kappa shape index (κ3) is 1.15. The lowest BCUT2D eigenvalue weighted by Gasteiger charge is -2.30. The number of nitrogens with one attached hydrogen (secondary N) is 1. The van der Waals surface area contributed by atoms with Crippen LogP contribution in [0.1, 0.15) is 12.0 Å². The number of hydrogen-bond acceptors (Lipinski definition) is 2. The number of ether oxygens (including phenoxy) is 1. The number of rotatable bonds is 0. The predicted molar refractivity (Wildman–Crippen MR) is 56.3 cm³/mol. The second kappa shape index (κ2) is 2.85. The topological polar surface area (TPSA) is 21.3 Å². The Morgan fingerprint density at radius 3 is 3.07 bits per heavy atom. The molecule has 0 radical (unpaired) electrons. The van der Waals surface area contributed by atoms with Crippen molar-refractivity contribution < 1.29 is 4.74 Å². The van der Waals surface area contributed by atoms with E-state index in [0.717, 1.165) is 25.3 Å². The summed E-state index contributed by atoms with van der Waals surface area (Å²) < 4.78 is 6.03. The Morgan fingerprint density at radius 1 is 1.29 bits per heavy atom. The van der Waals surface area contributed by atoms with Gasteiger partial charge in [0.25, 0.3) is 0 Å². The highest BCUT2D eigenvalue weighted by atomic mass is 16.5. The van der Waals surface area contributed by atoms with Crippen LogP contribution in [0.4, 0.5) is 0 Å². The Labute approximate surface area is 83.6 Å². The summed E-state index contributed by atoms with van der Waals surface area (Å²) in [6, 6.07) is 8.19. The molecule has 2 aliphatic heterocycles. The molecule has 2 aliphatic rings. The lowest BCUT2D eigenvalue weighted by molar-refractivity contribution is 0.139. The maximum absolute atomic E-state index is 6.03. The molecule has 0 saturated carbocycles. The third-order valence-corrected chi connectivity index (χ3v) is 2.95. The molecule has 1 unspecified atom stereocenters. The highest BCUT2D eigenvalue weighted by Crippen LogP contribution is 2.33. The zero-order chi connectivity index (χ0) is 9.43. The van der Waals surface area contributed by atoms with E-state index in [1.807, 2.05) is 18.2 Å². The van der Waals surface area contributed by atoms with Crippen molar-refractivity contribution in [1.82, 2.24) is 5.32 Å². The Bertz CT molecular complexity index is 378. The van der Waals surface area contributed by atoms with Crippen molar-refractivity contribution in [2.75, 3.05) is 13.1 Å². The van der Waals surface area contributed by atoms with Gasteiger partial charge in [0.05, 0.1) is 0 Å². The van der Waals surface area contributed by atoms with Gasteiger partial charge in [-0.25, -0.2) is 0 Å². The summed E-state index contributed by atoms with van der Waals surface area (Å²) in [6.07, 6.45) is 5.43. The molecule has 2 nitrogen and oxygen atoms in total. The smallest absolute Gasteiger partial charge is 0.141 e. The van der Waals surface area contributed by atoms with Gasteiger partial charge in [-0.05, 0) is 18.7 Å². The normalized spacial score (nSPS) is 28.9. The Balaban J connectivity index is 2.00. The van der Waals surface area contributed by atoms with E-state index in [2.05, 4.69) is 23.5 Å². The fourth-order valence-electron chi connectivity index (χ4n) is 2.12. The Hall–Kier alpha value is -1.28. The van der Waals surface area contributed by atoms with Crippen LogP contribution in [-0.4, -0.2) is 18.7 Å². The van der Waals surface area contributed by atoms with E-state index in [-0.39, 0.29) is 5.60 Å². The third-order valence-electron chi connectivity index (χ3n) is 2.95. The first-order valence-electron chi connectivity index (χ1n) is 5.06. The van der Waals surface area contributed by atoms with Crippen molar-refractivity contribution in [1.29, 1.82) is 0 Å². The number of para-hydroxylation sites is 1. The van der Waals surface area contributed by atoms with Crippen LogP contribution < -0.4 is 10.1 Å². The van der Waals surface area contributed by atoms with Crippen LogP contribution in [0.5, 0.6) is 5.75 Å². The van der Waals surface area contributed by atoms with Crippen LogP contribution in [0.15, 0.2) is 30.3 Å². The Morgan fingerprint density at radius 2 is 2.21 bits per heavy atom. The minimum atomic E-state index is -0.0750. The molecular weight excluding hydrogens is 174 g/mol. The molecule has 0 amide bonds. The van der Waals surface area contributed by atoms with E-state index in [1.54, 1.807) is 0 Å². The average Bonchev–Trinajstić information content (AvgIpc) is 2.66. The van der Waals surface area contributed by atoms with Gasteiger partial charge in [0.15, 0.2) is 0 Å². The molecule has 1 aromatic carbocycles. The zero-order valence-corrected chi connectivity index (χ0v) is 7.99. The van der Waals surface area contributed by atoms with Gasteiger partial charge in [0.2, 0.25) is 0 Å². The summed E-state index contributed by atoms with van der Waals surface area (Å²) in [4.78, 5) is 0. The van der Waals surface area contributed by atoms with Crippen molar-refractivity contribution in [2.45, 2.75) is 12.0 Å². The van der Waals surface area contributed by atoms with Gasteiger partial charge in [-0.3, -0.25) is 0 Å². The number of fused-ring (bicyclic) bond motifs is 1. The summed E-state index contributed by atoms with van der Waals surface area (Å²) in [6.45, 7) is 1.98. The minimum absolute atomic E-state index is 0.0750. The highest BCUT2D eigenvalue weighted by Gasteiger charge is 2.35. The first kappa shape index (κ1) is 8.06. The molecule has 0 aromatic heterocycles. The molecule has 1 atom stereocenters. The van der Waals surface area contributed by atoms with Crippen LogP contribution in [-0.2, 0) is 0 Å². The van der Waals surface area contributed by atoms with Crippen LogP contribution in [0.2, 0.25) is 0 Å². The summed E-state index contributed by atoms with van der Waals surface area (Å²) in [5.74, 6) is 1.01. The summed E-state index contributed by atoms with van der Waals surface area (Å²) in [7, 11) is 0. The lowest BCUT2D eigenvalue weighted by Crippen LogP contribution is -2.37. The molecule has 3 rings (SSSR count). The summed E-state index contributed by atoms with van der Waals surface area (Å²) >= 11 is 0. The van der Waals surface area contributed by atoms with Gasteiger partial charge in [0.1, 0.15) is 11.4 Å². The molecule has 1 N–H and O–H groups in total. The van der Waals surface area contributed by atoms with E-state index >= 15 is 0 Å². The molecule has 72 valence electrons. The van der Waals surface area contributed by atoms with Crippen molar-refractivity contribution in [3.63, 3.8) is 0 Å². The molecule has 1 fully saturated rings. The monoisotopic (exact) mass is 187 g/mol. The van der Waals surface area contributed by atoms with E-state index < -0.39 is 0 Å². The lowest BCUT2D eigenvalue weighted by atomic mass is 9.97. The second-order valence-electron chi connectivity index (χ2n) is 3.96. The van der Waals surface area contributed by atoms with Gasteiger partial charge in [-0.2, -0.15) is 0 Å². The fraction of sp³-hybridized carbons (Fsp3) is 0.333. The number of hydrogen-bond donors (Lipinski definition) is 1. The van der Waals surface area contributed by atoms with E-state index in [1.165, 1.54) is 5.56 Å². The molecule has 0 aliphatic carbocycles. The molecular formula is C12H13NO. The molecule has 2 heterocycles. The molecule has 1 spiro atoms. The van der Waals surface area contributed by atoms with Crippen LogP contribution in [0, 0.1) is 0 Å². The fourth-order valence-corrected chi connectivity index (χ4v) is 2.12. The zero-order valence-electron chi connectivity index (χ0n) is 7.99. The molecule has 1 aromatic rings. The van der Waals surface area contributed by atoms with Crippen molar-refractivity contribution >= 4 is 6.08 Å². The summed E-state index contributed by atoms with van der Waals surface area (Å²) in [5.41, 5.74) is 1.11. The molecule has 1 saturated heterocycles. The first-order valence-corrected chi connectivity index (χ1v) is 5.06. The maximum Gasteiger partial charge on any atom is 0.141 e. The predicted octanol–water partition coefficient (Wildman–Crippen LogP) is 1.82. The van der Waals surface area contributed by atoms with Crippen molar-refractivity contribution in [3.05, 3.63) is 35.9 Å². The van der Waals surface area contributed by atoms with Gasteiger partial charge in [-0.15, -0.1) is 0 Å². The van der Waals surface area contributed by atoms with E-state index in [0.29, 0.717) is 0 Å². The van der Waals surface area contributed by atoms with Gasteiger partial charge < -0.3 is 10.1 Å². The van der Waals surface area contributed by atoms with Gasteiger partial charge in [0, 0.05) is 18.5 Å². The summed E-state index contributed by atoms with van der Waals surface area (Å²) in [5, 5.41) is 3.34. The van der Waals surface area contributed by atoms with Crippen molar-refractivity contribution in [3.8, 4) is 5.75 Å². The molecule has 2 heteroatoms. The SMILES string of the molecule is C1=CC2(CCNC2)Oc2ccccc21. The van der Waals surface area contributed by atoms with E-state index in [9.17, 15) is 0 Å². The van der Waals surface area contributed by atoms with Gasteiger partial charge >= 0.3 is 0 Å². The van der Waals surface area contributed by atoms with Crippen LogP contribution in [0.25, 0.3) is 6.08 Å².